The van der Waals surface area contributed by atoms with Gasteiger partial charge in [-0.2, -0.15) is 0 Å². The SMILES string of the molecule is CC.Cc1ccc2c(c1)cc(C(=O)O)n2C. The first kappa shape index (κ1) is 12.3. The number of rotatable bonds is 1. The number of benzene rings is 1. The first-order valence-electron chi connectivity index (χ1n) is 5.39. The lowest BCUT2D eigenvalue weighted by atomic mass is 10.2. The first-order chi connectivity index (χ1) is 7.59. The lowest BCUT2D eigenvalue weighted by Gasteiger charge is -1.98. The highest BCUT2D eigenvalue weighted by molar-refractivity contribution is 5.94. The fourth-order valence-electron chi connectivity index (χ4n) is 1.67. The summed E-state index contributed by atoms with van der Waals surface area (Å²) >= 11 is 0. The molecule has 86 valence electrons. The molecule has 0 aliphatic rings. The van der Waals surface area contributed by atoms with Gasteiger partial charge in [0, 0.05) is 18.0 Å². The summed E-state index contributed by atoms with van der Waals surface area (Å²) in [7, 11) is 1.76. The second kappa shape index (κ2) is 4.84. The van der Waals surface area contributed by atoms with E-state index in [0.29, 0.717) is 5.69 Å². The van der Waals surface area contributed by atoms with Crippen molar-refractivity contribution in [2.45, 2.75) is 20.8 Å². The number of hydrogen-bond acceptors (Lipinski definition) is 1. The highest BCUT2D eigenvalue weighted by atomic mass is 16.4. The standard InChI is InChI=1S/C11H11NO2.C2H6/c1-7-3-4-9-8(5-7)6-10(11(13)14)12(9)2;1-2/h3-6H,1-2H3,(H,13,14);1-2H3. The second-order valence-electron chi connectivity index (χ2n) is 3.46. The molecule has 1 N–H and O–H groups in total. The van der Waals surface area contributed by atoms with Crippen molar-refractivity contribution in [1.82, 2.24) is 4.57 Å². The van der Waals surface area contributed by atoms with Gasteiger partial charge in [-0.15, -0.1) is 0 Å². The topological polar surface area (TPSA) is 42.2 Å². The summed E-state index contributed by atoms with van der Waals surface area (Å²) in [5, 5.41) is 9.89. The molecule has 0 fully saturated rings. The van der Waals surface area contributed by atoms with Crippen LogP contribution in [0.5, 0.6) is 0 Å². The fraction of sp³-hybridized carbons (Fsp3) is 0.308. The molecular formula is C13H17NO2. The van der Waals surface area contributed by atoms with Crippen LogP contribution in [0.2, 0.25) is 0 Å². The van der Waals surface area contributed by atoms with E-state index in [1.807, 2.05) is 39.0 Å². The fourth-order valence-corrected chi connectivity index (χ4v) is 1.67. The molecule has 3 heteroatoms. The molecule has 0 amide bonds. The number of hydrogen-bond donors (Lipinski definition) is 1. The van der Waals surface area contributed by atoms with Crippen LogP contribution >= 0.6 is 0 Å². The number of nitrogens with zero attached hydrogens (tertiary/aromatic N) is 1. The Morgan fingerprint density at radius 1 is 1.25 bits per heavy atom. The predicted octanol–water partition coefficient (Wildman–Crippen LogP) is 3.21. The summed E-state index contributed by atoms with van der Waals surface area (Å²) in [6.07, 6.45) is 0. The molecule has 0 spiro atoms. The summed E-state index contributed by atoms with van der Waals surface area (Å²) in [5.74, 6) is -0.888. The maximum atomic E-state index is 10.9. The van der Waals surface area contributed by atoms with Gasteiger partial charge < -0.3 is 9.67 Å². The number of carboxylic acids is 1. The van der Waals surface area contributed by atoms with Crippen molar-refractivity contribution >= 4 is 16.9 Å². The Labute approximate surface area is 95.3 Å². The third-order valence-corrected chi connectivity index (χ3v) is 2.42. The van der Waals surface area contributed by atoms with E-state index in [1.54, 1.807) is 17.7 Å². The molecule has 3 nitrogen and oxygen atoms in total. The van der Waals surface area contributed by atoms with Crippen molar-refractivity contribution in [2.75, 3.05) is 0 Å². The van der Waals surface area contributed by atoms with E-state index in [9.17, 15) is 4.79 Å². The molecule has 2 aromatic rings. The molecule has 16 heavy (non-hydrogen) atoms. The van der Waals surface area contributed by atoms with Gasteiger partial charge in [0.1, 0.15) is 5.69 Å². The highest BCUT2D eigenvalue weighted by Gasteiger charge is 2.10. The minimum Gasteiger partial charge on any atom is -0.477 e. The minimum atomic E-state index is -0.888. The average molecular weight is 219 g/mol. The maximum Gasteiger partial charge on any atom is 0.352 e. The van der Waals surface area contributed by atoms with Gasteiger partial charge in [-0.05, 0) is 25.1 Å². The molecule has 1 aromatic heterocycles. The van der Waals surface area contributed by atoms with Crippen molar-refractivity contribution in [3.63, 3.8) is 0 Å². The summed E-state index contributed by atoms with van der Waals surface area (Å²) in [6.45, 7) is 5.99. The van der Waals surface area contributed by atoms with Gasteiger partial charge in [0.2, 0.25) is 0 Å². The zero-order valence-corrected chi connectivity index (χ0v) is 10.1. The van der Waals surface area contributed by atoms with Crippen LogP contribution in [0.1, 0.15) is 29.9 Å². The van der Waals surface area contributed by atoms with Gasteiger partial charge in [0.05, 0.1) is 0 Å². The van der Waals surface area contributed by atoms with Crippen LogP contribution in [-0.4, -0.2) is 15.6 Å². The van der Waals surface area contributed by atoms with Crippen LogP contribution in [0.3, 0.4) is 0 Å². The smallest absolute Gasteiger partial charge is 0.352 e. The Kier molecular flexibility index (Phi) is 3.72. The second-order valence-corrected chi connectivity index (χ2v) is 3.46. The third-order valence-electron chi connectivity index (χ3n) is 2.42. The molecule has 0 unspecified atom stereocenters. The summed E-state index contributed by atoms with van der Waals surface area (Å²) < 4.78 is 1.69. The van der Waals surface area contributed by atoms with E-state index in [2.05, 4.69) is 0 Å². The molecule has 0 saturated carbocycles. The van der Waals surface area contributed by atoms with Crippen molar-refractivity contribution in [3.8, 4) is 0 Å². The van der Waals surface area contributed by atoms with E-state index in [-0.39, 0.29) is 0 Å². The average Bonchev–Trinajstić information content (AvgIpc) is 2.58. The van der Waals surface area contributed by atoms with E-state index >= 15 is 0 Å². The maximum absolute atomic E-state index is 10.9. The number of carbonyl (C=O) groups is 1. The molecule has 2 rings (SSSR count). The molecule has 0 aliphatic carbocycles. The third kappa shape index (κ3) is 2.08. The summed E-state index contributed by atoms with van der Waals surface area (Å²) in [4.78, 5) is 10.9. The zero-order valence-electron chi connectivity index (χ0n) is 10.1. The highest BCUT2D eigenvalue weighted by Crippen LogP contribution is 2.19. The number of aromatic nitrogens is 1. The van der Waals surface area contributed by atoms with Gasteiger partial charge >= 0.3 is 5.97 Å². The van der Waals surface area contributed by atoms with Gasteiger partial charge in [-0.3, -0.25) is 0 Å². The van der Waals surface area contributed by atoms with Crippen LogP contribution < -0.4 is 0 Å². The van der Waals surface area contributed by atoms with Crippen LogP contribution in [0, 0.1) is 6.92 Å². The number of carboxylic acid groups (broad SMARTS) is 1. The molecule has 1 heterocycles. The normalized spacial score (nSPS) is 9.75. The molecule has 0 bridgehead atoms. The first-order valence-corrected chi connectivity index (χ1v) is 5.39. The molecule has 1 aromatic carbocycles. The van der Waals surface area contributed by atoms with Crippen molar-refractivity contribution < 1.29 is 9.90 Å². The number of fused-ring (bicyclic) bond motifs is 1. The van der Waals surface area contributed by atoms with E-state index in [0.717, 1.165) is 16.5 Å². The Balaban J connectivity index is 0.000000606. The summed E-state index contributed by atoms with van der Waals surface area (Å²) in [5.41, 5.74) is 2.42. The van der Waals surface area contributed by atoms with Crippen molar-refractivity contribution in [1.29, 1.82) is 0 Å². The quantitative estimate of drug-likeness (QED) is 0.800. The van der Waals surface area contributed by atoms with Gasteiger partial charge in [0.15, 0.2) is 0 Å². The van der Waals surface area contributed by atoms with Crippen LogP contribution in [0.25, 0.3) is 10.9 Å². The van der Waals surface area contributed by atoms with Crippen LogP contribution in [0.15, 0.2) is 24.3 Å². The largest absolute Gasteiger partial charge is 0.477 e. The van der Waals surface area contributed by atoms with Crippen LogP contribution in [-0.2, 0) is 7.05 Å². The number of aryl methyl sites for hydroxylation is 2. The van der Waals surface area contributed by atoms with Crippen molar-refractivity contribution in [2.24, 2.45) is 7.05 Å². The molecular weight excluding hydrogens is 202 g/mol. The molecule has 0 saturated heterocycles. The summed E-state index contributed by atoms with van der Waals surface area (Å²) in [6, 6.07) is 7.61. The van der Waals surface area contributed by atoms with Gasteiger partial charge in [-0.1, -0.05) is 25.5 Å². The predicted molar refractivity (Wildman–Crippen MR) is 66.0 cm³/mol. The van der Waals surface area contributed by atoms with Crippen molar-refractivity contribution in [3.05, 3.63) is 35.5 Å². The monoisotopic (exact) mass is 219 g/mol. The van der Waals surface area contributed by atoms with Gasteiger partial charge in [0.25, 0.3) is 0 Å². The molecule has 0 radical (unpaired) electrons. The number of aromatic carboxylic acids is 1. The Morgan fingerprint density at radius 2 is 1.88 bits per heavy atom. The van der Waals surface area contributed by atoms with E-state index in [1.165, 1.54) is 0 Å². The Morgan fingerprint density at radius 3 is 2.44 bits per heavy atom. The Hall–Kier alpha value is -1.77. The minimum absolute atomic E-state index is 0.325. The lowest BCUT2D eigenvalue weighted by Crippen LogP contribution is -2.03. The molecule has 0 aliphatic heterocycles. The van der Waals surface area contributed by atoms with Gasteiger partial charge in [-0.25, -0.2) is 4.79 Å². The van der Waals surface area contributed by atoms with E-state index < -0.39 is 5.97 Å². The zero-order chi connectivity index (χ0) is 12.3. The van der Waals surface area contributed by atoms with Crippen LogP contribution in [0.4, 0.5) is 0 Å². The lowest BCUT2D eigenvalue weighted by molar-refractivity contribution is 0.0687. The van der Waals surface area contributed by atoms with E-state index in [4.69, 9.17) is 5.11 Å². The Bertz CT molecular complexity index is 512. The molecule has 0 atom stereocenters.